The van der Waals surface area contributed by atoms with Crippen molar-refractivity contribution in [3.05, 3.63) is 27.1 Å². The number of halogens is 3. The van der Waals surface area contributed by atoms with Crippen molar-refractivity contribution in [1.29, 1.82) is 0 Å². The molecule has 0 aliphatic rings. The van der Waals surface area contributed by atoms with Crippen LogP contribution in [0.15, 0.2) is 32.0 Å². The van der Waals surface area contributed by atoms with Crippen LogP contribution in [-0.4, -0.2) is 28.1 Å². The lowest BCUT2D eigenvalue weighted by Crippen LogP contribution is -2.31. The number of rotatable bonds is 6. The van der Waals surface area contributed by atoms with Gasteiger partial charge in [0.1, 0.15) is 0 Å². The van der Waals surface area contributed by atoms with Gasteiger partial charge in [0.05, 0.1) is 4.90 Å². The maximum Gasteiger partial charge on any atom is 0.241 e. The van der Waals surface area contributed by atoms with Gasteiger partial charge in [0.25, 0.3) is 0 Å². The number of nitrogens with one attached hydrogen (secondary N) is 2. The third-order valence-corrected chi connectivity index (χ3v) is 4.96. The van der Waals surface area contributed by atoms with Crippen LogP contribution in [-0.2, 0) is 10.0 Å². The van der Waals surface area contributed by atoms with Crippen molar-refractivity contribution in [3.63, 3.8) is 0 Å². The summed E-state index contributed by atoms with van der Waals surface area (Å²) in [5, 5.41) is 3.05. The lowest BCUT2D eigenvalue weighted by atomic mass is 10.4. The summed E-state index contributed by atoms with van der Waals surface area (Å²) in [7, 11) is -3.45. The molecule has 0 unspecified atom stereocenters. The lowest BCUT2D eigenvalue weighted by Gasteiger charge is -2.08. The second-order valence-corrected chi connectivity index (χ2v) is 6.83. The Labute approximate surface area is 131 Å². The molecular formula is C10H15Br2ClN2O2S. The Hall–Kier alpha value is 0.340. The van der Waals surface area contributed by atoms with Crippen LogP contribution in [0, 0.1) is 0 Å². The van der Waals surface area contributed by atoms with E-state index in [-0.39, 0.29) is 17.3 Å². The van der Waals surface area contributed by atoms with Gasteiger partial charge in [-0.15, -0.1) is 12.4 Å². The zero-order valence-corrected chi connectivity index (χ0v) is 14.5. The molecule has 1 rings (SSSR count). The topological polar surface area (TPSA) is 58.2 Å². The molecule has 0 fully saturated rings. The Morgan fingerprint density at radius 3 is 2.44 bits per heavy atom. The van der Waals surface area contributed by atoms with Crippen molar-refractivity contribution in [1.82, 2.24) is 10.0 Å². The van der Waals surface area contributed by atoms with E-state index < -0.39 is 10.0 Å². The first-order valence-electron chi connectivity index (χ1n) is 5.13. The number of sulfonamides is 1. The highest BCUT2D eigenvalue weighted by Gasteiger charge is 2.16. The third kappa shape index (κ3) is 5.54. The van der Waals surface area contributed by atoms with Gasteiger partial charge in [0, 0.05) is 22.0 Å². The van der Waals surface area contributed by atoms with Gasteiger partial charge in [-0.1, -0.05) is 22.9 Å². The molecule has 0 heterocycles. The molecule has 0 aliphatic heterocycles. The van der Waals surface area contributed by atoms with E-state index in [1.54, 1.807) is 18.2 Å². The number of benzene rings is 1. The minimum absolute atomic E-state index is 0. The van der Waals surface area contributed by atoms with Crippen molar-refractivity contribution in [2.45, 2.75) is 11.8 Å². The molecule has 0 bridgehead atoms. The van der Waals surface area contributed by atoms with Gasteiger partial charge >= 0.3 is 0 Å². The highest BCUT2D eigenvalue weighted by Crippen LogP contribution is 2.25. The normalized spacial score (nSPS) is 11.1. The molecule has 1 aromatic carbocycles. The maximum absolute atomic E-state index is 11.9. The van der Waals surface area contributed by atoms with Crippen LogP contribution >= 0.6 is 44.3 Å². The lowest BCUT2D eigenvalue weighted by molar-refractivity contribution is 0.577. The zero-order chi connectivity index (χ0) is 12.9. The summed E-state index contributed by atoms with van der Waals surface area (Å²) in [6.07, 6.45) is 0. The number of hydrogen-bond donors (Lipinski definition) is 2. The monoisotopic (exact) mass is 420 g/mol. The van der Waals surface area contributed by atoms with E-state index in [0.29, 0.717) is 17.6 Å². The smallest absolute Gasteiger partial charge is 0.241 e. The fourth-order valence-corrected chi connectivity index (χ4v) is 4.00. The van der Waals surface area contributed by atoms with Crippen LogP contribution in [0.25, 0.3) is 0 Å². The Morgan fingerprint density at radius 2 is 1.89 bits per heavy atom. The molecule has 18 heavy (non-hydrogen) atoms. The van der Waals surface area contributed by atoms with E-state index in [1.165, 1.54) is 0 Å². The van der Waals surface area contributed by atoms with Gasteiger partial charge in [-0.3, -0.25) is 0 Å². The maximum atomic E-state index is 11.9. The van der Waals surface area contributed by atoms with Crippen LogP contribution in [0.3, 0.4) is 0 Å². The molecule has 1 aromatic rings. The molecule has 0 amide bonds. The largest absolute Gasteiger partial charge is 0.316 e. The average Bonchev–Trinajstić information content (AvgIpc) is 2.24. The van der Waals surface area contributed by atoms with Crippen LogP contribution in [0.5, 0.6) is 0 Å². The highest BCUT2D eigenvalue weighted by atomic mass is 79.9. The molecule has 104 valence electrons. The molecule has 8 heteroatoms. The number of hydrogen-bond acceptors (Lipinski definition) is 3. The molecule has 0 atom stereocenters. The third-order valence-electron chi connectivity index (χ3n) is 2.03. The molecule has 0 aliphatic carbocycles. The van der Waals surface area contributed by atoms with Crippen molar-refractivity contribution >= 4 is 54.3 Å². The Bertz CT molecular complexity index is 483. The van der Waals surface area contributed by atoms with E-state index in [4.69, 9.17) is 0 Å². The molecule has 2 N–H and O–H groups in total. The molecule has 4 nitrogen and oxygen atoms in total. The van der Waals surface area contributed by atoms with E-state index in [1.807, 2.05) is 6.92 Å². The van der Waals surface area contributed by atoms with Crippen LogP contribution in [0.2, 0.25) is 0 Å². The summed E-state index contributed by atoms with van der Waals surface area (Å²) >= 11 is 6.52. The highest BCUT2D eigenvalue weighted by molar-refractivity contribution is 9.11. The molecule has 0 spiro atoms. The first-order chi connectivity index (χ1) is 7.97. The summed E-state index contributed by atoms with van der Waals surface area (Å²) in [6.45, 7) is 3.78. The fraction of sp³-hybridized carbons (Fsp3) is 0.400. The van der Waals surface area contributed by atoms with Gasteiger partial charge in [0.15, 0.2) is 0 Å². The number of likely N-dealkylation sites (N-methyl/N-ethyl adjacent to an activating group) is 1. The van der Waals surface area contributed by atoms with Gasteiger partial charge < -0.3 is 5.32 Å². The minimum atomic E-state index is -3.45. The fourth-order valence-electron chi connectivity index (χ4n) is 1.22. The standard InChI is InChI=1S/C10H14Br2N2O2S.ClH/c1-2-13-5-6-14-17(15,16)10-4-3-8(11)7-9(10)12;/h3-4,7,13-14H,2,5-6H2,1H3;1H. The van der Waals surface area contributed by atoms with Crippen LogP contribution < -0.4 is 10.0 Å². The molecular weight excluding hydrogens is 407 g/mol. The molecule has 0 aromatic heterocycles. The van der Waals surface area contributed by atoms with E-state index in [2.05, 4.69) is 41.9 Å². The van der Waals surface area contributed by atoms with E-state index in [9.17, 15) is 8.42 Å². The average molecular weight is 423 g/mol. The van der Waals surface area contributed by atoms with Gasteiger partial charge in [-0.25, -0.2) is 13.1 Å². The van der Waals surface area contributed by atoms with E-state index >= 15 is 0 Å². The van der Waals surface area contributed by atoms with Gasteiger partial charge in [0.2, 0.25) is 10.0 Å². The first kappa shape index (κ1) is 18.3. The van der Waals surface area contributed by atoms with Crippen LogP contribution in [0.1, 0.15) is 6.92 Å². The van der Waals surface area contributed by atoms with Crippen molar-refractivity contribution in [2.24, 2.45) is 0 Å². The van der Waals surface area contributed by atoms with Crippen molar-refractivity contribution in [3.8, 4) is 0 Å². The predicted octanol–water partition coefficient (Wildman–Crippen LogP) is 2.52. The second kappa shape index (κ2) is 8.50. The summed E-state index contributed by atoms with van der Waals surface area (Å²) in [4.78, 5) is 0.247. The van der Waals surface area contributed by atoms with Crippen molar-refractivity contribution < 1.29 is 8.42 Å². The Kier molecular flexibility index (Phi) is 8.66. The zero-order valence-electron chi connectivity index (χ0n) is 9.74. The Balaban J connectivity index is 0.00000289. The van der Waals surface area contributed by atoms with Gasteiger partial charge in [-0.05, 0) is 40.7 Å². The van der Waals surface area contributed by atoms with E-state index in [0.717, 1.165) is 11.0 Å². The quantitative estimate of drug-likeness (QED) is 0.693. The minimum Gasteiger partial charge on any atom is -0.316 e. The Morgan fingerprint density at radius 1 is 1.22 bits per heavy atom. The second-order valence-electron chi connectivity index (χ2n) is 3.33. The predicted molar refractivity (Wildman–Crippen MR) is 82.8 cm³/mol. The van der Waals surface area contributed by atoms with Crippen molar-refractivity contribution in [2.75, 3.05) is 19.6 Å². The van der Waals surface area contributed by atoms with Crippen LogP contribution in [0.4, 0.5) is 0 Å². The first-order valence-corrected chi connectivity index (χ1v) is 8.19. The summed E-state index contributed by atoms with van der Waals surface area (Å²) in [5.74, 6) is 0. The SMILES string of the molecule is CCNCCNS(=O)(=O)c1ccc(Br)cc1Br.Cl. The summed E-state index contributed by atoms with van der Waals surface area (Å²) in [5.41, 5.74) is 0. The molecule has 0 saturated carbocycles. The summed E-state index contributed by atoms with van der Waals surface area (Å²) < 4.78 is 27.8. The molecule has 0 saturated heterocycles. The summed E-state index contributed by atoms with van der Waals surface area (Å²) in [6, 6.07) is 4.96. The van der Waals surface area contributed by atoms with Gasteiger partial charge in [-0.2, -0.15) is 0 Å². The molecule has 0 radical (unpaired) electrons.